The predicted octanol–water partition coefficient (Wildman–Crippen LogP) is 4.90. The summed E-state index contributed by atoms with van der Waals surface area (Å²) in [5.41, 5.74) is 3.09. The van der Waals surface area contributed by atoms with Gasteiger partial charge in [-0.1, -0.05) is 66.7 Å². The molecule has 0 saturated heterocycles. The molecule has 0 spiro atoms. The Balaban J connectivity index is 1.63. The number of ketones is 1. The van der Waals surface area contributed by atoms with Gasteiger partial charge in [0.2, 0.25) is 0 Å². The van der Waals surface area contributed by atoms with E-state index in [2.05, 4.69) is 24.3 Å². The summed E-state index contributed by atoms with van der Waals surface area (Å²) in [5, 5.41) is 0. The molecule has 2 heteroatoms. The minimum atomic E-state index is 0.103. The Morgan fingerprint density at radius 1 is 1.05 bits per heavy atom. The van der Waals surface area contributed by atoms with Crippen LogP contribution in [0.2, 0.25) is 0 Å². The molecule has 2 rings (SSSR count). The van der Waals surface area contributed by atoms with Crippen LogP contribution in [0.3, 0.4) is 0 Å². The molecular weight excluding hydrogens is 272 g/mol. The summed E-state index contributed by atoms with van der Waals surface area (Å²) in [7, 11) is 0. The van der Waals surface area contributed by atoms with Crippen molar-refractivity contribution in [1.82, 2.24) is 0 Å². The van der Waals surface area contributed by atoms with Gasteiger partial charge in [-0.05, 0) is 30.9 Å². The second-order valence-electron chi connectivity index (χ2n) is 5.26. The van der Waals surface area contributed by atoms with E-state index in [1.807, 2.05) is 42.5 Å². The summed E-state index contributed by atoms with van der Waals surface area (Å²) >= 11 is 0. The van der Waals surface area contributed by atoms with Crippen LogP contribution < -0.4 is 0 Å². The molecule has 2 aromatic rings. The van der Waals surface area contributed by atoms with E-state index in [1.54, 1.807) is 6.92 Å². The maximum absolute atomic E-state index is 11.2. The van der Waals surface area contributed by atoms with Crippen LogP contribution in [0, 0.1) is 0 Å². The van der Waals surface area contributed by atoms with E-state index in [1.165, 1.54) is 5.56 Å². The van der Waals surface area contributed by atoms with Crippen molar-refractivity contribution in [2.75, 3.05) is 6.61 Å². The number of hydrogen-bond acceptors (Lipinski definition) is 2. The van der Waals surface area contributed by atoms with Gasteiger partial charge >= 0.3 is 0 Å². The summed E-state index contributed by atoms with van der Waals surface area (Å²) in [6.45, 7) is 3.03. The van der Waals surface area contributed by atoms with Crippen LogP contribution in [-0.2, 0) is 11.3 Å². The number of carbonyl (C=O) groups excluding carboxylic acids is 1. The smallest absolute Gasteiger partial charge is 0.159 e. The van der Waals surface area contributed by atoms with Crippen LogP contribution in [0.1, 0.15) is 41.3 Å². The predicted molar refractivity (Wildman–Crippen MR) is 90.8 cm³/mol. The van der Waals surface area contributed by atoms with Gasteiger partial charge in [0.15, 0.2) is 5.78 Å². The second-order valence-corrected chi connectivity index (χ2v) is 5.26. The molecule has 0 radical (unpaired) electrons. The normalized spacial score (nSPS) is 11.0. The molecule has 2 aromatic carbocycles. The Hall–Kier alpha value is -2.19. The highest BCUT2D eigenvalue weighted by Crippen LogP contribution is 2.08. The monoisotopic (exact) mass is 294 g/mol. The first-order valence-corrected chi connectivity index (χ1v) is 7.65. The second kappa shape index (κ2) is 8.96. The number of benzene rings is 2. The lowest BCUT2D eigenvalue weighted by Gasteiger charge is -2.02. The molecule has 0 aromatic heterocycles. The summed E-state index contributed by atoms with van der Waals surface area (Å²) < 4.78 is 5.64. The molecule has 0 saturated carbocycles. The van der Waals surface area contributed by atoms with Crippen LogP contribution in [0.4, 0.5) is 0 Å². The molecule has 2 nitrogen and oxygen atoms in total. The van der Waals surface area contributed by atoms with E-state index < -0.39 is 0 Å². The molecule has 0 fully saturated rings. The van der Waals surface area contributed by atoms with Gasteiger partial charge in [0, 0.05) is 12.2 Å². The lowest BCUT2D eigenvalue weighted by Crippen LogP contribution is -1.94. The molecule has 0 heterocycles. The zero-order valence-electron chi connectivity index (χ0n) is 13.0. The number of Topliss-reactive ketones (excluding diaryl/α,β-unsaturated/α-hetero) is 1. The molecule has 0 aliphatic heterocycles. The van der Waals surface area contributed by atoms with Crippen molar-refractivity contribution >= 4 is 11.9 Å². The van der Waals surface area contributed by atoms with Crippen LogP contribution in [-0.4, -0.2) is 12.4 Å². The number of allylic oxidation sites excluding steroid dienone is 1. The topological polar surface area (TPSA) is 26.3 Å². The van der Waals surface area contributed by atoms with Crippen molar-refractivity contribution in [3.8, 4) is 0 Å². The third-order valence-corrected chi connectivity index (χ3v) is 3.40. The van der Waals surface area contributed by atoms with Crippen molar-refractivity contribution in [1.29, 1.82) is 0 Å². The lowest BCUT2D eigenvalue weighted by molar-refractivity contribution is 0.101. The van der Waals surface area contributed by atoms with Gasteiger partial charge in [0.05, 0.1) is 6.61 Å². The average Bonchev–Trinajstić information content (AvgIpc) is 2.55. The standard InChI is InChI=1S/C20H22O2/c1-17(21)20-13-11-18(12-14-20)8-6-3-7-15-22-16-19-9-4-2-5-10-19/h2,4-6,8-14H,3,7,15-16H2,1H3/b8-6-. The van der Waals surface area contributed by atoms with Crippen molar-refractivity contribution in [3.05, 3.63) is 77.4 Å². The number of hydrogen-bond donors (Lipinski definition) is 0. The molecule has 0 amide bonds. The van der Waals surface area contributed by atoms with Gasteiger partial charge in [0.1, 0.15) is 0 Å². The first-order valence-electron chi connectivity index (χ1n) is 7.65. The van der Waals surface area contributed by atoms with Crippen LogP contribution >= 0.6 is 0 Å². The van der Waals surface area contributed by atoms with E-state index in [0.717, 1.165) is 30.6 Å². The van der Waals surface area contributed by atoms with Gasteiger partial charge in [-0.3, -0.25) is 4.79 Å². The molecule has 0 N–H and O–H groups in total. The fourth-order valence-corrected chi connectivity index (χ4v) is 2.12. The SMILES string of the molecule is CC(=O)c1ccc(/C=C\CCCOCc2ccccc2)cc1. The van der Waals surface area contributed by atoms with Crippen molar-refractivity contribution in [3.63, 3.8) is 0 Å². The molecular formula is C20H22O2. The molecule has 114 valence electrons. The zero-order chi connectivity index (χ0) is 15.6. The first-order chi connectivity index (χ1) is 10.8. The fourth-order valence-electron chi connectivity index (χ4n) is 2.12. The van der Waals surface area contributed by atoms with E-state index in [-0.39, 0.29) is 5.78 Å². The molecule has 0 unspecified atom stereocenters. The van der Waals surface area contributed by atoms with Gasteiger partial charge in [-0.2, -0.15) is 0 Å². The van der Waals surface area contributed by atoms with Gasteiger partial charge < -0.3 is 4.74 Å². The Morgan fingerprint density at radius 2 is 1.77 bits per heavy atom. The Morgan fingerprint density at radius 3 is 2.45 bits per heavy atom. The van der Waals surface area contributed by atoms with Crippen molar-refractivity contribution in [2.24, 2.45) is 0 Å². The van der Waals surface area contributed by atoms with Crippen molar-refractivity contribution in [2.45, 2.75) is 26.4 Å². The summed E-state index contributed by atoms with van der Waals surface area (Å²) in [4.78, 5) is 11.2. The number of unbranched alkanes of at least 4 members (excludes halogenated alkanes) is 1. The number of ether oxygens (including phenoxy) is 1. The molecule has 0 atom stereocenters. The molecule has 0 bridgehead atoms. The maximum atomic E-state index is 11.2. The Labute approximate surface area is 132 Å². The molecule has 22 heavy (non-hydrogen) atoms. The number of rotatable bonds is 8. The quantitative estimate of drug-likeness (QED) is 0.511. The number of carbonyl (C=O) groups is 1. The maximum Gasteiger partial charge on any atom is 0.159 e. The summed E-state index contributed by atoms with van der Waals surface area (Å²) in [6.07, 6.45) is 6.23. The largest absolute Gasteiger partial charge is 0.377 e. The van der Waals surface area contributed by atoms with Gasteiger partial charge in [-0.15, -0.1) is 0 Å². The molecule has 0 aliphatic carbocycles. The highest BCUT2D eigenvalue weighted by molar-refractivity contribution is 5.94. The summed E-state index contributed by atoms with van der Waals surface area (Å²) in [5.74, 6) is 0.103. The Kier molecular flexibility index (Phi) is 6.59. The van der Waals surface area contributed by atoms with Crippen LogP contribution in [0.15, 0.2) is 60.7 Å². The third kappa shape index (κ3) is 5.66. The van der Waals surface area contributed by atoms with E-state index in [9.17, 15) is 4.79 Å². The molecule has 0 aliphatic rings. The van der Waals surface area contributed by atoms with Gasteiger partial charge in [-0.25, -0.2) is 0 Å². The zero-order valence-corrected chi connectivity index (χ0v) is 13.0. The van der Waals surface area contributed by atoms with Gasteiger partial charge in [0.25, 0.3) is 0 Å². The average molecular weight is 294 g/mol. The highest BCUT2D eigenvalue weighted by atomic mass is 16.5. The van der Waals surface area contributed by atoms with E-state index in [0.29, 0.717) is 6.61 Å². The van der Waals surface area contributed by atoms with Crippen LogP contribution in [0.5, 0.6) is 0 Å². The minimum Gasteiger partial charge on any atom is -0.377 e. The lowest BCUT2D eigenvalue weighted by atomic mass is 10.1. The van der Waals surface area contributed by atoms with Crippen LogP contribution in [0.25, 0.3) is 6.08 Å². The first kappa shape index (κ1) is 16.2. The summed E-state index contributed by atoms with van der Waals surface area (Å²) in [6, 6.07) is 17.9. The highest BCUT2D eigenvalue weighted by Gasteiger charge is 1.96. The van der Waals surface area contributed by atoms with Crippen molar-refractivity contribution < 1.29 is 9.53 Å². The van der Waals surface area contributed by atoms with E-state index in [4.69, 9.17) is 4.74 Å². The van der Waals surface area contributed by atoms with E-state index >= 15 is 0 Å². The third-order valence-electron chi connectivity index (χ3n) is 3.40. The Bertz CT molecular complexity index is 597. The fraction of sp³-hybridized carbons (Fsp3) is 0.250. The minimum absolute atomic E-state index is 0.103.